The average Bonchev–Trinajstić information content (AvgIpc) is 2.81. The molecule has 1 aromatic rings. The van der Waals surface area contributed by atoms with Gasteiger partial charge in [-0.3, -0.25) is 0 Å². The van der Waals surface area contributed by atoms with Crippen LogP contribution in [0.1, 0.15) is 31.6 Å². The van der Waals surface area contributed by atoms with Crippen molar-refractivity contribution in [1.82, 2.24) is 10.2 Å². The number of nitrogens with one attached hydrogen (secondary N) is 1. The Bertz CT molecular complexity index is 278. The first-order valence-electron chi connectivity index (χ1n) is 6.58. The Balaban J connectivity index is 2.39. The Hall–Kier alpha value is -0.380. The van der Waals surface area contributed by atoms with Gasteiger partial charge in [0, 0.05) is 24.0 Å². The smallest absolute Gasteiger partial charge is 0.0300 e. The predicted octanol–water partition coefficient (Wildman–Crippen LogP) is 3.20. The van der Waals surface area contributed by atoms with Gasteiger partial charge in [-0.25, -0.2) is 0 Å². The summed E-state index contributed by atoms with van der Waals surface area (Å²) in [4.78, 5) is 3.78. The second-order valence-electron chi connectivity index (χ2n) is 4.82. The zero-order valence-corrected chi connectivity index (χ0v) is 12.4. The third-order valence-electron chi connectivity index (χ3n) is 3.49. The summed E-state index contributed by atoms with van der Waals surface area (Å²) in [6, 6.07) is 4.95. The maximum Gasteiger partial charge on any atom is 0.0300 e. The number of thiophene rings is 1. The molecule has 1 atom stereocenters. The summed E-state index contributed by atoms with van der Waals surface area (Å²) in [7, 11) is 4.38. The fourth-order valence-corrected chi connectivity index (χ4v) is 3.03. The van der Waals surface area contributed by atoms with Crippen LogP contribution in [0, 0.1) is 5.92 Å². The van der Waals surface area contributed by atoms with Gasteiger partial charge in [-0.2, -0.15) is 0 Å². The minimum absolute atomic E-state index is 0.643. The molecule has 0 amide bonds. The van der Waals surface area contributed by atoms with Crippen LogP contribution in [0.25, 0.3) is 0 Å². The molecule has 1 aromatic heterocycles. The van der Waals surface area contributed by atoms with Gasteiger partial charge in [0.05, 0.1) is 0 Å². The summed E-state index contributed by atoms with van der Waals surface area (Å²) in [5.74, 6) is 0.792. The lowest BCUT2D eigenvalue weighted by molar-refractivity contribution is 0.194. The Labute approximate surface area is 110 Å². The summed E-state index contributed by atoms with van der Waals surface area (Å²) < 4.78 is 0. The zero-order valence-electron chi connectivity index (χ0n) is 11.6. The highest BCUT2D eigenvalue weighted by Crippen LogP contribution is 2.16. The van der Waals surface area contributed by atoms with Crippen molar-refractivity contribution < 1.29 is 0 Å². The molecule has 0 bridgehead atoms. The normalized spacial score (nSPS) is 13.5. The summed E-state index contributed by atoms with van der Waals surface area (Å²) in [5, 5.41) is 5.73. The molecule has 0 aliphatic rings. The van der Waals surface area contributed by atoms with Crippen molar-refractivity contribution >= 4 is 11.3 Å². The van der Waals surface area contributed by atoms with Crippen LogP contribution in [0.3, 0.4) is 0 Å². The monoisotopic (exact) mass is 254 g/mol. The molecule has 0 fully saturated rings. The van der Waals surface area contributed by atoms with Crippen LogP contribution in [-0.2, 0) is 6.54 Å². The highest BCUT2D eigenvalue weighted by Gasteiger charge is 2.19. The van der Waals surface area contributed by atoms with Crippen molar-refractivity contribution in [2.24, 2.45) is 5.92 Å². The molecule has 0 spiro atoms. The van der Waals surface area contributed by atoms with Crippen molar-refractivity contribution in [1.29, 1.82) is 0 Å². The molecular weight excluding hydrogens is 228 g/mol. The first kappa shape index (κ1) is 14.7. The lowest BCUT2D eigenvalue weighted by atomic mass is 9.93. The number of nitrogens with zero attached hydrogens (tertiary/aromatic N) is 1. The third kappa shape index (κ3) is 4.78. The first-order chi connectivity index (χ1) is 8.19. The van der Waals surface area contributed by atoms with Crippen molar-refractivity contribution in [3.63, 3.8) is 0 Å². The van der Waals surface area contributed by atoms with E-state index in [4.69, 9.17) is 0 Å². The Kier molecular flexibility index (Phi) is 6.78. The molecule has 1 unspecified atom stereocenters. The average molecular weight is 254 g/mol. The number of rotatable bonds is 8. The fraction of sp³-hybridized carbons (Fsp3) is 0.714. The minimum atomic E-state index is 0.643. The third-order valence-corrected chi connectivity index (χ3v) is 4.37. The van der Waals surface area contributed by atoms with Crippen molar-refractivity contribution in [3.05, 3.63) is 22.4 Å². The number of hydrogen-bond acceptors (Lipinski definition) is 3. The second kappa shape index (κ2) is 7.85. The SMILES string of the molecule is CCC(CC)C(CNCc1cccs1)N(C)C. The standard InChI is InChI=1S/C14H26N2S/c1-5-12(6-2)14(16(3)4)11-15-10-13-8-7-9-17-13/h7-9,12,14-15H,5-6,10-11H2,1-4H3. The van der Waals surface area contributed by atoms with Gasteiger partial charge < -0.3 is 10.2 Å². The van der Waals surface area contributed by atoms with Gasteiger partial charge in [0.2, 0.25) is 0 Å². The van der Waals surface area contributed by atoms with Crippen molar-refractivity contribution in [3.8, 4) is 0 Å². The van der Waals surface area contributed by atoms with Crippen molar-refractivity contribution in [2.45, 2.75) is 39.3 Å². The zero-order chi connectivity index (χ0) is 12.7. The molecule has 0 aliphatic carbocycles. The molecule has 3 heteroatoms. The van der Waals surface area contributed by atoms with Crippen LogP contribution >= 0.6 is 11.3 Å². The van der Waals surface area contributed by atoms with Gasteiger partial charge in [-0.05, 0) is 31.5 Å². The lowest BCUT2D eigenvalue weighted by Gasteiger charge is -2.31. The number of hydrogen-bond donors (Lipinski definition) is 1. The van der Waals surface area contributed by atoms with Crippen LogP contribution in [0.4, 0.5) is 0 Å². The summed E-state index contributed by atoms with van der Waals surface area (Å²) >= 11 is 1.83. The molecule has 0 aromatic carbocycles. The maximum atomic E-state index is 3.59. The molecule has 0 saturated heterocycles. The van der Waals surface area contributed by atoms with Crippen LogP contribution in [0.15, 0.2) is 17.5 Å². The van der Waals surface area contributed by atoms with Gasteiger partial charge in [0.1, 0.15) is 0 Å². The van der Waals surface area contributed by atoms with Gasteiger partial charge in [0.15, 0.2) is 0 Å². The Morgan fingerprint density at radius 3 is 2.47 bits per heavy atom. The molecule has 2 nitrogen and oxygen atoms in total. The quantitative estimate of drug-likeness (QED) is 0.766. The van der Waals surface area contributed by atoms with Crippen LogP contribution in [0.2, 0.25) is 0 Å². The van der Waals surface area contributed by atoms with E-state index >= 15 is 0 Å². The van der Waals surface area contributed by atoms with Crippen LogP contribution < -0.4 is 5.32 Å². The van der Waals surface area contributed by atoms with E-state index in [1.807, 2.05) is 11.3 Å². The molecule has 0 saturated carbocycles. The van der Waals surface area contributed by atoms with E-state index in [1.54, 1.807) is 0 Å². The van der Waals surface area contributed by atoms with Gasteiger partial charge in [0.25, 0.3) is 0 Å². The van der Waals surface area contributed by atoms with E-state index in [-0.39, 0.29) is 0 Å². The van der Waals surface area contributed by atoms with Crippen LogP contribution in [-0.4, -0.2) is 31.6 Å². The molecule has 17 heavy (non-hydrogen) atoms. The van der Waals surface area contributed by atoms with E-state index in [1.165, 1.54) is 17.7 Å². The topological polar surface area (TPSA) is 15.3 Å². The van der Waals surface area contributed by atoms with Crippen LogP contribution in [0.5, 0.6) is 0 Å². The van der Waals surface area contributed by atoms with Gasteiger partial charge >= 0.3 is 0 Å². The molecule has 1 rings (SSSR count). The highest BCUT2D eigenvalue weighted by atomic mass is 32.1. The minimum Gasteiger partial charge on any atom is -0.310 e. The van der Waals surface area contributed by atoms with Gasteiger partial charge in [-0.15, -0.1) is 11.3 Å². The van der Waals surface area contributed by atoms with E-state index in [0.29, 0.717) is 6.04 Å². The molecule has 0 aliphatic heterocycles. The van der Waals surface area contributed by atoms with E-state index in [0.717, 1.165) is 19.0 Å². The summed E-state index contributed by atoms with van der Waals surface area (Å²) in [5.41, 5.74) is 0. The van der Waals surface area contributed by atoms with E-state index in [2.05, 4.69) is 55.7 Å². The molecule has 0 radical (unpaired) electrons. The Morgan fingerprint density at radius 2 is 2.00 bits per heavy atom. The first-order valence-corrected chi connectivity index (χ1v) is 7.46. The lowest BCUT2D eigenvalue weighted by Crippen LogP contribution is -2.42. The maximum absolute atomic E-state index is 3.59. The van der Waals surface area contributed by atoms with E-state index in [9.17, 15) is 0 Å². The predicted molar refractivity (Wildman–Crippen MR) is 77.6 cm³/mol. The second-order valence-corrected chi connectivity index (χ2v) is 5.85. The Morgan fingerprint density at radius 1 is 1.29 bits per heavy atom. The molecule has 98 valence electrons. The van der Waals surface area contributed by atoms with E-state index < -0.39 is 0 Å². The van der Waals surface area contributed by atoms with Gasteiger partial charge in [-0.1, -0.05) is 32.8 Å². The summed E-state index contributed by atoms with van der Waals surface area (Å²) in [6.45, 7) is 6.67. The molecule has 1 N–H and O–H groups in total. The van der Waals surface area contributed by atoms with Crippen molar-refractivity contribution in [2.75, 3.05) is 20.6 Å². The highest BCUT2D eigenvalue weighted by molar-refractivity contribution is 7.09. The summed E-state index contributed by atoms with van der Waals surface area (Å²) in [6.07, 6.45) is 2.53. The largest absolute Gasteiger partial charge is 0.310 e. The number of likely N-dealkylation sites (N-methyl/N-ethyl adjacent to an activating group) is 1. The molecule has 1 heterocycles. The fourth-order valence-electron chi connectivity index (χ4n) is 2.36. The molecular formula is C14H26N2S.